The molecule has 4 unspecified atom stereocenters. The van der Waals surface area contributed by atoms with Crippen molar-refractivity contribution in [3.8, 4) is 0 Å². The maximum Gasteiger partial charge on any atom is 0.328 e. The molecule has 1 heterocycles. The van der Waals surface area contributed by atoms with E-state index < -0.39 is 30.1 Å². The zero-order chi connectivity index (χ0) is 13.0. The summed E-state index contributed by atoms with van der Waals surface area (Å²) in [5, 5.41) is 23.3. The largest absolute Gasteiger partial charge is 0.480 e. The van der Waals surface area contributed by atoms with Crippen molar-refractivity contribution in [2.24, 2.45) is 0 Å². The summed E-state index contributed by atoms with van der Waals surface area (Å²) >= 11 is 0. The van der Waals surface area contributed by atoms with E-state index in [1.54, 1.807) is 7.11 Å². The molecule has 7 nitrogen and oxygen atoms in total. The Labute approximate surface area is 99.1 Å². The summed E-state index contributed by atoms with van der Waals surface area (Å²) in [5.41, 5.74) is 0. The lowest BCUT2D eigenvalue weighted by atomic mass is 10.1. The molecule has 0 aliphatic carbocycles. The molecule has 1 aliphatic rings. The molecule has 1 saturated heterocycles. The van der Waals surface area contributed by atoms with Crippen LogP contribution in [0.5, 0.6) is 0 Å². The lowest BCUT2D eigenvalue weighted by molar-refractivity contribution is -0.145. The molecular weight excluding hydrogens is 228 g/mol. The summed E-state index contributed by atoms with van der Waals surface area (Å²) in [7, 11) is 1.56. The predicted octanol–water partition coefficient (Wildman–Crippen LogP) is -1.69. The van der Waals surface area contributed by atoms with Gasteiger partial charge in [0.1, 0.15) is 0 Å². The van der Waals surface area contributed by atoms with Crippen LogP contribution in [0.1, 0.15) is 13.3 Å². The Morgan fingerprint density at radius 2 is 2.18 bits per heavy atom. The second-order valence-corrected chi connectivity index (χ2v) is 4.12. The highest BCUT2D eigenvalue weighted by Crippen LogP contribution is 2.10. The Balaban J connectivity index is 2.51. The van der Waals surface area contributed by atoms with E-state index in [1.807, 2.05) is 0 Å². The Kier molecular flexibility index (Phi) is 4.86. The number of aliphatic hydroxyl groups is 1. The van der Waals surface area contributed by atoms with Crippen molar-refractivity contribution in [3.63, 3.8) is 0 Å². The molecule has 0 aromatic heterocycles. The average Bonchev–Trinajstić information content (AvgIpc) is 2.73. The van der Waals surface area contributed by atoms with Gasteiger partial charge in [-0.2, -0.15) is 0 Å². The number of ether oxygens (including phenoxy) is 1. The third-order valence-corrected chi connectivity index (χ3v) is 2.79. The van der Waals surface area contributed by atoms with Gasteiger partial charge in [0.05, 0.1) is 18.2 Å². The monoisotopic (exact) mass is 246 g/mol. The smallest absolute Gasteiger partial charge is 0.328 e. The van der Waals surface area contributed by atoms with Crippen LogP contribution in [0.3, 0.4) is 0 Å². The van der Waals surface area contributed by atoms with Crippen LogP contribution in [0.2, 0.25) is 0 Å². The normalized spacial score (nSPS) is 27.5. The molecule has 98 valence electrons. The Morgan fingerprint density at radius 3 is 2.59 bits per heavy atom. The van der Waals surface area contributed by atoms with Crippen LogP contribution in [0, 0.1) is 0 Å². The summed E-state index contributed by atoms with van der Waals surface area (Å²) in [5.74, 6) is -1.69. The van der Waals surface area contributed by atoms with E-state index in [-0.39, 0.29) is 6.10 Å². The van der Waals surface area contributed by atoms with Crippen molar-refractivity contribution in [2.45, 2.75) is 37.6 Å². The zero-order valence-electron chi connectivity index (χ0n) is 9.84. The number of carboxylic acid groups (broad SMARTS) is 1. The maximum absolute atomic E-state index is 11.7. The minimum absolute atomic E-state index is 0.0411. The molecule has 4 atom stereocenters. The second-order valence-electron chi connectivity index (χ2n) is 4.12. The number of carbonyl (C=O) groups is 2. The molecule has 4 N–H and O–H groups in total. The molecule has 7 heteroatoms. The number of aliphatic hydroxyl groups excluding tert-OH is 1. The van der Waals surface area contributed by atoms with Crippen LogP contribution in [-0.4, -0.2) is 60.0 Å². The third kappa shape index (κ3) is 3.65. The number of aliphatic carboxylic acids is 1. The van der Waals surface area contributed by atoms with E-state index in [0.29, 0.717) is 13.0 Å². The molecule has 1 aliphatic heterocycles. The highest BCUT2D eigenvalue weighted by molar-refractivity contribution is 5.87. The zero-order valence-corrected chi connectivity index (χ0v) is 9.84. The molecular formula is C10H18N2O5. The first-order valence-electron chi connectivity index (χ1n) is 5.43. The van der Waals surface area contributed by atoms with Gasteiger partial charge in [0.15, 0.2) is 6.04 Å². The SMILES string of the molecule is COC1CNC(C(=O)NC(C(=O)O)C(C)O)C1. The Hall–Kier alpha value is -1.18. The van der Waals surface area contributed by atoms with Crippen molar-refractivity contribution in [1.82, 2.24) is 10.6 Å². The number of amides is 1. The van der Waals surface area contributed by atoms with Crippen molar-refractivity contribution < 1.29 is 24.5 Å². The lowest BCUT2D eigenvalue weighted by Crippen LogP contribution is -2.52. The van der Waals surface area contributed by atoms with Gasteiger partial charge in [-0.1, -0.05) is 0 Å². The minimum atomic E-state index is -1.29. The molecule has 0 aromatic carbocycles. The fraction of sp³-hybridized carbons (Fsp3) is 0.800. The van der Waals surface area contributed by atoms with Gasteiger partial charge < -0.3 is 25.6 Å². The lowest BCUT2D eigenvalue weighted by Gasteiger charge is -2.19. The molecule has 1 fully saturated rings. The quantitative estimate of drug-likeness (QED) is 0.461. The van der Waals surface area contributed by atoms with Gasteiger partial charge >= 0.3 is 5.97 Å². The van der Waals surface area contributed by atoms with Gasteiger partial charge in [-0.05, 0) is 13.3 Å². The number of carboxylic acids is 1. The summed E-state index contributed by atoms with van der Waals surface area (Å²) in [4.78, 5) is 22.5. The Morgan fingerprint density at radius 1 is 1.53 bits per heavy atom. The predicted molar refractivity (Wildman–Crippen MR) is 58.5 cm³/mol. The molecule has 0 radical (unpaired) electrons. The summed E-state index contributed by atoms with van der Waals surface area (Å²) < 4.78 is 5.08. The number of hydrogen-bond donors (Lipinski definition) is 4. The van der Waals surface area contributed by atoms with E-state index in [9.17, 15) is 14.7 Å². The van der Waals surface area contributed by atoms with E-state index in [2.05, 4.69) is 10.6 Å². The fourth-order valence-electron chi connectivity index (χ4n) is 1.73. The van der Waals surface area contributed by atoms with Gasteiger partial charge in [-0.25, -0.2) is 4.79 Å². The minimum Gasteiger partial charge on any atom is -0.480 e. The average molecular weight is 246 g/mol. The standard InChI is InChI=1S/C10H18N2O5/c1-5(13)8(10(15)16)12-9(14)7-3-6(17-2)4-11-7/h5-8,11,13H,3-4H2,1-2H3,(H,12,14)(H,15,16). The van der Waals surface area contributed by atoms with Crippen molar-refractivity contribution in [1.29, 1.82) is 0 Å². The van der Waals surface area contributed by atoms with E-state index in [1.165, 1.54) is 6.92 Å². The number of methoxy groups -OCH3 is 1. The van der Waals surface area contributed by atoms with Crippen LogP contribution < -0.4 is 10.6 Å². The molecule has 1 amide bonds. The first-order chi connectivity index (χ1) is 7.95. The van der Waals surface area contributed by atoms with E-state index in [0.717, 1.165) is 0 Å². The maximum atomic E-state index is 11.7. The van der Waals surface area contributed by atoms with E-state index in [4.69, 9.17) is 9.84 Å². The topological polar surface area (TPSA) is 108 Å². The fourth-order valence-corrected chi connectivity index (χ4v) is 1.73. The summed E-state index contributed by atoms with van der Waals surface area (Å²) in [6.07, 6.45) is -0.689. The summed E-state index contributed by atoms with van der Waals surface area (Å²) in [6.45, 7) is 1.88. The first-order valence-corrected chi connectivity index (χ1v) is 5.43. The van der Waals surface area contributed by atoms with Crippen LogP contribution in [0.4, 0.5) is 0 Å². The molecule has 0 saturated carbocycles. The second kappa shape index (κ2) is 5.95. The van der Waals surface area contributed by atoms with Crippen LogP contribution in [-0.2, 0) is 14.3 Å². The van der Waals surface area contributed by atoms with Gasteiger partial charge in [-0.3, -0.25) is 4.79 Å². The van der Waals surface area contributed by atoms with Crippen LogP contribution in [0.25, 0.3) is 0 Å². The van der Waals surface area contributed by atoms with Gasteiger partial charge in [0.25, 0.3) is 0 Å². The highest BCUT2D eigenvalue weighted by atomic mass is 16.5. The van der Waals surface area contributed by atoms with Crippen molar-refractivity contribution in [2.75, 3.05) is 13.7 Å². The molecule has 0 bridgehead atoms. The number of rotatable bonds is 5. The number of nitrogens with one attached hydrogen (secondary N) is 2. The molecule has 17 heavy (non-hydrogen) atoms. The van der Waals surface area contributed by atoms with E-state index >= 15 is 0 Å². The van der Waals surface area contributed by atoms with Crippen LogP contribution in [0.15, 0.2) is 0 Å². The first kappa shape index (κ1) is 13.9. The Bertz CT molecular complexity index is 294. The van der Waals surface area contributed by atoms with Gasteiger partial charge in [0.2, 0.25) is 5.91 Å². The van der Waals surface area contributed by atoms with Gasteiger partial charge in [0, 0.05) is 13.7 Å². The molecule has 0 spiro atoms. The third-order valence-electron chi connectivity index (χ3n) is 2.79. The molecule has 1 rings (SSSR count). The molecule has 0 aromatic rings. The highest BCUT2D eigenvalue weighted by Gasteiger charge is 2.33. The summed E-state index contributed by atoms with van der Waals surface area (Å²) in [6, 6.07) is -1.76. The van der Waals surface area contributed by atoms with Crippen molar-refractivity contribution >= 4 is 11.9 Å². The number of carbonyl (C=O) groups excluding carboxylic acids is 1. The number of hydrogen-bond acceptors (Lipinski definition) is 5. The van der Waals surface area contributed by atoms with Crippen molar-refractivity contribution in [3.05, 3.63) is 0 Å². The van der Waals surface area contributed by atoms with Crippen LogP contribution >= 0.6 is 0 Å². The van der Waals surface area contributed by atoms with Gasteiger partial charge in [-0.15, -0.1) is 0 Å².